The van der Waals surface area contributed by atoms with Crippen molar-refractivity contribution in [1.82, 2.24) is 0 Å². The second-order valence-electron chi connectivity index (χ2n) is 4.72. The molecule has 0 aliphatic heterocycles. The molecule has 0 amide bonds. The van der Waals surface area contributed by atoms with E-state index >= 15 is 0 Å². The van der Waals surface area contributed by atoms with Gasteiger partial charge in [-0.3, -0.25) is 10.1 Å². The highest BCUT2D eigenvalue weighted by Crippen LogP contribution is 2.37. The number of rotatable bonds is 4. The van der Waals surface area contributed by atoms with Crippen molar-refractivity contribution in [3.05, 3.63) is 63.0 Å². The molecule has 110 valence electrons. The third-order valence-corrected chi connectivity index (χ3v) is 3.07. The number of nitro benzene ring substituents is 1. The predicted octanol–water partition coefficient (Wildman–Crippen LogP) is 3.60. The molecule has 0 saturated carbocycles. The number of halogens is 1. The molecule has 6 heteroatoms. The summed E-state index contributed by atoms with van der Waals surface area (Å²) in [7, 11) is 0. The number of nitro groups is 1. The minimum atomic E-state index is -0.604. The largest absolute Gasteiger partial charge is 0.446 e. The van der Waals surface area contributed by atoms with E-state index in [1.54, 1.807) is 26.0 Å². The lowest BCUT2D eigenvalue weighted by Crippen LogP contribution is -2.03. The summed E-state index contributed by atoms with van der Waals surface area (Å²) < 4.78 is 19.4. The predicted molar refractivity (Wildman–Crippen MR) is 76.9 cm³/mol. The molecule has 2 N–H and O–H groups in total. The zero-order chi connectivity index (χ0) is 15.6. The average Bonchev–Trinajstić information content (AvgIpc) is 2.42. The van der Waals surface area contributed by atoms with Gasteiger partial charge in [0, 0.05) is 18.2 Å². The van der Waals surface area contributed by atoms with Crippen molar-refractivity contribution in [3.63, 3.8) is 0 Å². The molecule has 0 spiro atoms. The molecule has 0 radical (unpaired) electrons. The van der Waals surface area contributed by atoms with Crippen LogP contribution < -0.4 is 10.5 Å². The SMILES string of the molecule is Cc1cc(C)c(Oc2c(F)cccc2CN)c([N+](=O)[O-])c1. The van der Waals surface area contributed by atoms with Gasteiger partial charge in [0.1, 0.15) is 0 Å². The van der Waals surface area contributed by atoms with Crippen molar-refractivity contribution in [2.24, 2.45) is 5.73 Å². The summed E-state index contributed by atoms with van der Waals surface area (Å²) in [4.78, 5) is 10.6. The van der Waals surface area contributed by atoms with E-state index in [2.05, 4.69) is 0 Å². The summed E-state index contributed by atoms with van der Waals surface area (Å²) in [5.74, 6) is -0.646. The minimum Gasteiger partial charge on any atom is -0.446 e. The normalized spacial score (nSPS) is 10.5. The zero-order valence-corrected chi connectivity index (χ0v) is 11.7. The average molecular weight is 290 g/mol. The topological polar surface area (TPSA) is 78.4 Å². The van der Waals surface area contributed by atoms with E-state index in [0.29, 0.717) is 11.1 Å². The van der Waals surface area contributed by atoms with Crippen molar-refractivity contribution < 1.29 is 14.1 Å². The van der Waals surface area contributed by atoms with E-state index in [0.717, 1.165) is 5.56 Å². The number of hydrogen-bond donors (Lipinski definition) is 1. The molecule has 0 fully saturated rings. The fourth-order valence-corrected chi connectivity index (χ4v) is 2.13. The van der Waals surface area contributed by atoms with Gasteiger partial charge >= 0.3 is 5.69 Å². The number of para-hydroxylation sites is 1. The first kappa shape index (κ1) is 14.9. The van der Waals surface area contributed by atoms with Crippen LogP contribution in [0.3, 0.4) is 0 Å². The fourth-order valence-electron chi connectivity index (χ4n) is 2.13. The van der Waals surface area contributed by atoms with Crippen LogP contribution in [0.4, 0.5) is 10.1 Å². The molecule has 2 aromatic rings. The molecule has 0 saturated heterocycles. The summed E-state index contributed by atoms with van der Waals surface area (Å²) in [5, 5.41) is 11.2. The van der Waals surface area contributed by atoms with Crippen LogP contribution in [0.15, 0.2) is 30.3 Å². The van der Waals surface area contributed by atoms with Crippen LogP contribution in [0, 0.1) is 29.8 Å². The number of aryl methyl sites for hydroxylation is 2. The Morgan fingerprint density at radius 3 is 2.62 bits per heavy atom. The molecule has 2 rings (SSSR count). The molecule has 0 heterocycles. The van der Waals surface area contributed by atoms with Gasteiger partial charge in [0.15, 0.2) is 11.6 Å². The molecule has 0 bridgehead atoms. The lowest BCUT2D eigenvalue weighted by atomic mass is 10.1. The number of ether oxygens (including phenoxy) is 1. The van der Waals surface area contributed by atoms with Gasteiger partial charge < -0.3 is 10.5 Å². The molecular weight excluding hydrogens is 275 g/mol. The van der Waals surface area contributed by atoms with Gasteiger partial charge in [-0.2, -0.15) is 0 Å². The fraction of sp³-hybridized carbons (Fsp3) is 0.200. The van der Waals surface area contributed by atoms with Gasteiger partial charge in [-0.25, -0.2) is 4.39 Å². The molecule has 21 heavy (non-hydrogen) atoms. The van der Waals surface area contributed by atoms with Gasteiger partial charge in [0.25, 0.3) is 0 Å². The summed E-state index contributed by atoms with van der Waals surface area (Å²) in [6.07, 6.45) is 0. The van der Waals surface area contributed by atoms with E-state index in [1.807, 2.05) is 0 Å². The lowest BCUT2D eigenvalue weighted by Gasteiger charge is -2.13. The maximum Gasteiger partial charge on any atom is 0.312 e. The molecule has 0 unspecified atom stereocenters. The second-order valence-corrected chi connectivity index (χ2v) is 4.72. The number of hydrogen-bond acceptors (Lipinski definition) is 4. The Bertz CT molecular complexity index is 702. The molecular formula is C15H15FN2O3. The second kappa shape index (κ2) is 5.88. The summed E-state index contributed by atoms with van der Waals surface area (Å²) in [6.45, 7) is 3.50. The Morgan fingerprint density at radius 2 is 2.00 bits per heavy atom. The van der Waals surface area contributed by atoms with Crippen LogP contribution in [-0.2, 0) is 6.54 Å². The van der Waals surface area contributed by atoms with Gasteiger partial charge in [-0.15, -0.1) is 0 Å². The Hall–Kier alpha value is -2.47. The quantitative estimate of drug-likeness (QED) is 0.689. The minimum absolute atomic E-state index is 0.0328. The summed E-state index contributed by atoms with van der Waals surface area (Å²) in [5.41, 5.74) is 7.10. The van der Waals surface area contributed by atoms with Gasteiger partial charge in [-0.05, 0) is 31.0 Å². The highest BCUT2D eigenvalue weighted by molar-refractivity contribution is 5.56. The van der Waals surface area contributed by atoms with Crippen molar-refractivity contribution in [1.29, 1.82) is 0 Å². The van der Waals surface area contributed by atoms with Crippen molar-refractivity contribution in [2.45, 2.75) is 20.4 Å². The van der Waals surface area contributed by atoms with Crippen LogP contribution in [0.2, 0.25) is 0 Å². The van der Waals surface area contributed by atoms with Gasteiger partial charge in [-0.1, -0.05) is 18.2 Å². The highest BCUT2D eigenvalue weighted by atomic mass is 19.1. The first-order valence-electron chi connectivity index (χ1n) is 6.35. The van der Waals surface area contributed by atoms with Gasteiger partial charge in [0.05, 0.1) is 4.92 Å². The van der Waals surface area contributed by atoms with Gasteiger partial charge in [0.2, 0.25) is 5.75 Å². The van der Waals surface area contributed by atoms with Crippen LogP contribution in [-0.4, -0.2) is 4.92 Å². The van der Waals surface area contributed by atoms with Crippen LogP contribution in [0.5, 0.6) is 11.5 Å². The molecule has 0 aromatic heterocycles. The first-order valence-corrected chi connectivity index (χ1v) is 6.35. The van der Waals surface area contributed by atoms with Crippen molar-refractivity contribution in [2.75, 3.05) is 0 Å². The summed E-state index contributed by atoms with van der Waals surface area (Å²) >= 11 is 0. The van der Waals surface area contributed by atoms with Crippen molar-refractivity contribution >= 4 is 5.69 Å². The molecule has 5 nitrogen and oxygen atoms in total. The lowest BCUT2D eigenvalue weighted by molar-refractivity contribution is -0.385. The van der Waals surface area contributed by atoms with Crippen LogP contribution in [0.1, 0.15) is 16.7 Å². The number of nitrogens with zero attached hydrogens (tertiary/aromatic N) is 1. The Kier molecular flexibility index (Phi) is 4.18. The summed E-state index contributed by atoms with van der Waals surface area (Å²) in [6, 6.07) is 7.50. The zero-order valence-electron chi connectivity index (χ0n) is 11.7. The molecule has 0 aliphatic rings. The third kappa shape index (κ3) is 3.00. The highest BCUT2D eigenvalue weighted by Gasteiger charge is 2.21. The van der Waals surface area contributed by atoms with E-state index < -0.39 is 10.7 Å². The van der Waals surface area contributed by atoms with Crippen molar-refractivity contribution in [3.8, 4) is 11.5 Å². The maximum atomic E-state index is 13.9. The monoisotopic (exact) mass is 290 g/mol. The van der Waals surface area contributed by atoms with E-state index in [1.165, 1.54) is 18.2 Å². The number of nitrogens with two attached hydrogens (primary N) is 1. The smallest absolute Gasteiger partial charge is 0.312 e. The maximum absolute atomic E-state index is 13.9. The Balaban J connectivity index is 2.57. The van der Waals surface area contributed by atoms with Crippen LogP contribution in [0.25, 0.3) is 0 Å². The molecule has 0 aliphatic carbocycles. The number of benzene rings is 2. The third-order valence-electron chi connectivity index (χ3n) is 3.07. The van der Waals surface area contributed by atoms with E-state index in [-0.39, 0.29) is 23.7 Å². The first-order chi connectivity index (χ1) is 9.93. The van der Waals surface area contributed by atoms with E-state index in [4.69, 9.17) is 10.5 Å². The Labute approximate surface area is 121 Å². The Morgan fingerprint density at radius 1 is 1.29 bits per heavy atom. The van der Waals surface area contributed by atoms with E-state index in [9.17, 15) is 14.5 Å². The molecule has 2 aromatic carbocycles. The standard InChI is InChI=1S/C15H15FN2O3/c1-9-6-10(2)14(13(7-9)18(19)20)21-15-11(8-17)4-3-5-12(15)16/h3-7H,8,17H2,1-2H3. The van der Waals surface area contributed by atoms with Crippen LogP contribution >= 0.6 is 0 Å². The molecule has 0 atom stereocenters.